The van der Waals surface area contributed by atoms with Crippen LogP contribution in [0.25, 0.3) is 6.08 Å². The fourth-order valence-electron chi connectivity index (χ4n) is 2.59. The molecule has 29 heavy (non-hydrogen) atoms. The van der Waals surface area contributed by atoms with Gasteiger partial charge in [0, 0.05) is 17.7 Å². The van der Waals surface area contributed by atoms with Crippen LogP contribution in [0.5, 0.6) is 11.5 Å². The van der Waals surface area contributed by atoms with Crippen molar-refractivity contribution in [2.45, 2.75) is 20.0 Å². The monoisotopic (exact) mass is 460 g/mol. The third-order valence-electron chi connectivity index (χ3n) is 3.85. The lowest BCUT2D eigenvalue weighted by Crippen LogP contribution is -2.07. The van der Waals surface area contributed by atoms with E-state index in [0.717, 1.165) is 0 Å². The van der Waals surface area contributed by atoms with Crippen LogP contribution in [0.4, 0.5) is 5.69 Å². The van der Waals surface area contributed by atoms with E-state index in [1.54, 1.807) is 18.2 Å². The molecule has 0 amide bonds. The quantitative estimate of drug-likeness (QED) is 0.272. The van der Waals surface area contributed by atoms with Crippen molar-refractivity contribution in [2.75, 3.05) is 7.11 Å². The molecule has 0 N–H and O–H groups in total. The minimum atomic E-state index is -0.615. The number of benzene rings is 2. The van der Waals surface area contributed by atoms with Gasteiger partial charge in [0.2, 0.25) is 5.90 Å². The van der Waals surface area contributed by atoms with E-state index in [4.69, 9.17) is 14.2 Å². The molecule has 8 nitrogen and oxygen atoms in total. The number of ether oxygens (including phenoxy) is 3. The molecular weight excluding hydrogens is 444 g/mol. The van der Waals surface area contributed by atoms with Crippen molar-refractivity contribution in [1.29, 1.82) is 0 Å². The van der Waals surface area contributed by atoms with Crippen LogP contribution in [0.1, 0.15) is 25.0 Å². The first-order chi connectivity index (χ1) is 13.8. The van der Waals surface area contributed by atoms with Crippen LogP contribution in [0.3, 0.4) is 0 Å². The zero-order valence-electron chi connectivity index (χ0n) is 15.8. The maximum atomic E-state index is 12.2. The van der Waals surface area contributed by atoms with Crippen molar-refractivity contribution in [3.8, 4) is 11.5 Å². The molecule has 3 rings (SSSR count). The Balaban J connectivity index is 1.92. The fraction of sp³-hybridized carbons (Fsp3) is 0.200. The first-order valence-corrected chi connectivity index (χ1v) is 9.39. The third kappa shape index (κ3) is 4.62. The first kappa shape index (κ1) is 20.5. The predicted octanol–water partition coefficient (Wildman–Crippen LogP) is 4.50. The average molecular weight is 461 g/mol. The zero-order valence-corrected chi connectivity index (χ0v) is 17.4. The standard InChI is InChI=1S/C20H17BrN2O6/c1-11(2)28-18-15(21)8-12(10-17(18)27-3)9-16-20(24)29-19(22-16)13-4-6-14(7-5-13)23(25)26/h4-11H,1-3H3/b16-9-. The number of non-ortho nitro benzene ring substituents is 1. The number of carbonyl (C=O) groups is 1. The topological polar surface area (TPSA) is 100 Å². The number of hydrogen-bond donors (Lipinski definition) is 0. The fourth-order valence-corrected chi connectivity index (χ4v) is 3.14. The molecule has 0 unspecified atom stereocenters. The molecule has 1 heterocycles. The van der Waals surface area contributed by atoms with Gasteiger partial charge in [-0.2, -0.15) is 0 Å². The normalized spacial score (nSPS) is 14.7. The Hall–Kier alpha value is -3.20. The van der Waals surface area contributed by atoms with E-state index < -0.39 is 10.9 Å². The van der Waals surface area contributed by atoms with Crippen molar-refractivity contribution in [2.24, 2.45) is 4.99 Å². The SMILES string of the molecule is COc1cc(/C=C2\N=C(c3ccc([N+](=O)[O-])cc3)OC2=O)cc(Br)c1OC(C)C. The van der Waals surface area contributed by atoms with Gasteiger partial charge in [0.1, 0.15) is 0 Å². The predicted molar refractivity (Wildman–Crippen MR) is 110 cm³/mol. The summed E-state index contributed by atoms with van der Waals surface area (Å²) in [5, 5.41) is 10.8. The van der Waals surface area contributed by atoms with Crippen LogP contribution in [-0.4, -0.2) is 30.0 Å². The maximum absolute atomic E-state index is 12.2. The molecule has 0 fully saturated rings. The summed E-state index contributed by atoms with van der Waals surface area (Å²) in [5.74, 6) is 0.539. The van der Waals surface area contributed by atoms with Crippen LogP contribution >= 0.6 is 15.9 Å². The van der Waals surface area contributed by atoms with Crippen LogP contribution in [0.15, 0.2) is 51.6 Å². The second kappa shape index (κ2) is 8.44. The summed E-state index contributed by atoms with van der Waals surface area (Å²) >= 11 is 3.46. The van der Waals surface area contributed by atoms with E-state index in [1.165, 1.54) is 31.4 Å². The molecule has 0 saturated heterocycles. The van der Waals surface area contributed by atoms with Gasteiger partial charge in [0.15, 0.2) is 17.2 Å². The summed E-state index contributed by atoms with van der Waals surface area (Å²) in [6.45, 7) is 3.81. The highest BCUT2D eigenvalue weighted by Gasteiger charge is 2.25. The highest BCUT2D eigenvalue weighted by atomic mass is 79.9. The molecule has 0 bridgehead atoms. The lowest BCUT2D eigenvalue weighted by atomic mass is 10.1. The summed E-state index contributed by atoms with van der Waals surface area (Å²) in [4.78, 5) is 26.7. The van der Waals surface area contributed by atoms with Crippen molar-refractivity contribution < 1.29 is 23.9 Å². The van der Waals surface area contributed by atoms with Crippen LogP contribution in [0.2, 0.25) is 0 Å². The largest absolute Gasteiger partial charge is 0.493 e. The minimum Gasteiger partial charge on any atom is -0.493 e. The Morgan fingerprint density at radius 3 is 2.52 bits per heavy atom. The van der Waals surface area contributed by atoms with E-state index in [1.807, 2.05) is 13.8 Å². The third-order valence-corrected chi connectivity index (χ3v) is 4.44. The molecule has 0 radical (unpaired) electrons. The van der Waals surface area contributed by atoms with Gasteiger partial charge in [-0.1, -0.05) is 0 Å². The summed E-state index contributed by atoms with van der Waals surface area (Å²) in [6, 6.07) is 9.10. The number of nitro groups is 1. The first-order valence-electron chi connectivity index (χ1n) is 8.60. The minimum absolute atomic E-state index is 0.0388. The van der Waals surface area contributed by atoms with E-state index in [9.17, 15) is 14.9 Å². The second-order valence-corrected chi connectivity index (χ2v) is 7.20. The number of methoxy groups -OCH3 is 1. The molecule has 0 atom stereocenters. The number of esters is 1. The van der Waals surface area contributed by atoms with Gasteiger partial charge in [-0.15, -0.1) is 0 Å². The van der Waals surface area contributed by atoms with Crippen LogP contribution in [-0.2, 0) is 9.53 Å². The van der Waals surface area contributed by atoms with Gasteiger partial charge in [-0.3, -0.25) is 10.1 Å². The summed E-state index contributed by atoms with van der Waals surface area (Å²) in [7, 11) is 1.53. The van der Waals surface area contributed by atoms with Crippen molar-refractivity contribution in [1.82, 2.24) is 0 Å². The van der Waals surface area contributed by atoms with Crippen LogP contribution in [0, 0.1) is 10.1 Å². The summed E-state index contributed by atoms with van der Waals surface area (Å²) < 4.78 is 17.0. The molecule has 2 aromatic rings. The molecule has 9 heteroatoms. The van der Waals surface area contributed by atoms with Crippen molar-refractivity contribution in [3.05, 3.63) is 67.8 Å². The number of nitrogens with zero attached hydrogens (tertiary/aromatic N) is 2. The Kier molecular flexibility index (Phi) is 5.97. The molecule has 0 aromatic heterocycles. The Morgan fingerprint density at radius 1 is 1.24 bits per heavy atom. The number of hydrogen-bond acceptors (Lipinski definition) is 7. The Morgan fingerprint density at radius 2 is 1.93 bits per heavy atom. The Labute approximate surface area is 175 Å². The number of nitro benzene ring substituents is 1. The lowest BCUT2D eigenvalue weighted by Gasteiger charge is -2.15. The molecule has 0 aliphatic carbocycles. The van der Waals surface area contributed by atoms with E-state index >= 15 is 0 Å². The van der Waals surface area contributed by atoms with Gasteiger partial charge < -0.3 is 14.2 Å². The highest BCUT2D eigenvalue weighted by Crippen LogP contribution is 2.38. The smallest absolute Gasteiger partial charge is 0.363 e. The average Bonchev–Trinajstić information content (AvgIpc) is 3.04. The molecule has 0 spiro atoms. The number of carbonyl (C=O) groups excluding carboxylic acids is 1. The molecule has 2 aromatic carbocycles. The molecule has 1 aliphatic heterocycles. The summed E-state index contributed by atoms with van der Waals surface area (Å²) in [6.07, 6.45) is 1.52. The maximum Gasteiger partial charge on any atom is 0.363 e. The molecule has 150 valence electrons. The Bertz CT molecular complexity index is 1030. The van der Waals surface area contributed by atoms with E-state index in [2.05, 4.69) is 20.9 Å². The van der Waals surface area contributed by atoms with Gasteiger partial charge in [0.05, 0.1) is 22.6 Å². The summed E-state index contributed by atoms with van der Waals surface area (Å²) in [5.41, 5.74) is 1.16. The van der Waals surface area contributed by atoms with Crippen molar-refractivity contribution in [3.63, 3.8) is 0 Å². The highest BCUT2D eigenvalue weighted by molar-refractivity contribution is 9.10. The van der Waals surface area contributed by atoms with Gasteiger partial charge in [-0.05, 0) is 65.7 Å². The van der Waals surface area contributed by atoms with Gasteiger partial charge in [0.25, 0.3) is 5.69 Å². The lowest BCUT2D eigenvalue weighted by molar-refractivity contribution is -0.384. The molecular formula is C20H17BrN2O6. The zero-order chi connectivity index (χ0) is 21.1. The molecule has 0 saturated carbocycles. The number of rotatable bonds is 6. The van der Waals surface area contributed by atoms with Crippen LogP contribution < -0.4 is 9.47 Å². The van der Waals surface area contributed by atoms with Crippen molar-refractivity contribution >= 4 is 39.6 Å². The molecule has 1 aliphatic rings. The number of aliphatic imine (C=N–C) groups is 1. The second-order valence-electron chi connectivity index (χ2n) is 6.34. The number of halogens is 1. The van der Waals surface area contributed by atoms with Gasteiger partial charge >= 0.3 is 5.97 Å². The van der Waals surface area contributed by atoms with E-state index in [-0.39, 0.29) is 23.4 Å². The number of cyclic esters (lactones) is 1. The van der Waals surface area contributed by atoms with Gasteiger partial charge in [-0.25, -0.2) is 9.79 Å². The van der Waals surface area contributed by atoms with E-state index in [0.29, 0.717) is 27.1 Å².